The summed E-state index contributed by atoms with van der Waals surface area (Å²) in [6, 6.07) is 5.71. The third-order valence-electron chi connectivity index (χ3n) is 2.50. The van der Waals surface area contributed by atoms with Gasteiger partial charge in [-0.25, -0.2) is 0 Å². The average Bonchev–Trinajstić information content (AvgIpc) is 2.17. The van der Waals surface area contributed by atoms with Crippen LogP contribution in [0.1, 0.15) is 37.0 Å². The summed E-state index contributed by atoms with van der Waals surface area (Å²) >= 11 is 6.06. The molecule has 1 unspecified atom stereocenters. The van der Waals surface area contributed by atoms with Gasteiger partial charge in [0.25, 0.3) is 0 Å². The van der Waals surface area contributed by atoms with E-state index in [1.807, 2.05) is 32.0 Å². The molecule has 1 aromatic rings. The lowest BCUT2D eigenvalue weighted by molar-refractivity contribution is 0.177. The van der Waals surface area contributed by atoms with E-state index in [0.29, 0.717) is 11.4 Å². The molecule has 1 N–H and O–H groups in total. The van der Waals surface area contributed by atoms with Crippen LogP contribution in [0.25, 0.3) is 0 Å². The summed E-state index contributed by atoms with van der Waals surface area (Å²) in [5.41, 5.74) is 2.93. The van der Waals surface area contributed by atoms with Crippen LogP contribution in [0.5, 0.6) is 0 Å². The minimum atomic E-state index is -0.537. The number of benzene rings is 1. The second kappa shape index (κ2) is 5.34. The van der Waals surface area contributed by atoms with Crippen molar-refractivity contribution in [3.05, 3.63) is 46.5 Å². The molecule has 1 rings (SSSR count). The van der Waals surface area contributed by atoms with Gasteiger partial charge in [-0.3, -0.25) is 0 Å². The van der Waals surface area contributed by atoms with Crippen LogP contribution in [0.4, 0.5) is 0 Å². The van der Waals surface area contributed by atoms with E-state index in [-0.39, 0.29) is 0 Å². The first-order valence-corrected chi connectivity index (χ1v) is 5.53. The second-order valence-corrected chi connectivity index (χ2v) is 4.26. The monoisotopic (exact) mass is 224 g/mol. The average molecular weight is 225 g/mol. The maximum Gasteiger partial charge on any atom is 0.0841 e. The number of hydrogen-bond acceptors (Lipinski definition) is 1. The lowest BCUT2D eigenvalue weighted by atomic mass is 10.0. The molecule has 0 amide bonds. The molecule has 1 atom stereocenters. The predicted octanol–water partition coefficient (Wildman–Crippen LogP) is 4.04. The third kappa shape index (κ3) is 3.37. The normalized spacial score (nSPS) is 12.5. The van der Waals surface area contributed by atoms with Crippen molar-refractivity contribution in [1.82, 2.24) is 0 Å². The van der Waals surface area contributed by atoms with Gasteiger partial charge in [0, 0.05) is 5.02 Å². The van der Waals surface area contributed by atoms with Crippen LogP contribution in [-0.2, 0) is 0 Å². The van der Waals surface area contributed by atoms with E-state index in [2.05, 4.69) is 6.58 Å². The summed E-state index contributed by atoms with van der Waals surface area (Å²) in [6.45, 7) is 7.90. The third-order valence-corrected chi connectivity index (χ3v) is 2.82. The first-order valence-electron chi connectivity index (χ1n) is 5.15. The zero-order valence-electron chi connectivity index (χ0n) is 9.26. The summed E-state index contributed by atoms with van der Waals surface area (Å²) in [7, 11) is 0. The zero-order valence-corrected chi connectivity index (χ0v) is 10.0. The molecule has 0 spiro atoms. The van der Waals surface area contributed by atoms with Crippen molar-refractivity contribution in [2.45, 2.75) is 32.8 Å². The van der Waals surface area contributed by atoms with Crippen LogP contribution in [-0.4, -0.2) is 5.11 Å². The Labute approximate surface area is 96.4 Å². The number of aliphatic hydroxyl groups is 1. The van der Waals surface area contributed by atoms with E-state index >= 15 is 0 Å². The fourth-order valence-electron chi connectivity index (χ4n) is 1.43. The van der Waals surface area contributed by atoms with Crippen molar-refractivity contribution in [3.63, 3.8) is 0 Å². The van der Waals surface area contributed by atoms with E-state index in [1.165, 1.54) is 0 Å². The van der Waals surface area contributed by atoms with Crippen LogP contribution >= 0.6 is 11.6 Å². The lowest BCUT2D eigenvalue weighted by Crippen LogP contribution is -1.99. The SMILES string of the molecule is C=C(CC)CC(O)c1ccc(C)cc1Cl. The Morgan fingerprint density at radius 3 is 2.73 bits per heavy atom. The van der Waals surface area contributed by atoms with Crippen LogP contribution in [0.3, 0.4) is 0 Å². The lowest BCUT2D eigenvalue weighted by Gasteiger charge is -2.13. The highest BCUT2D eigenvalue weighted by atomic mass is 35.5. The first kappa shape index (κ1) is 12.3. The summed E-state index contributed by atoms with van der Waals surface area (Å²) < 4.78 is 0. The Balaban J connectivity index is 2.82. The van der Waals surface area contributed by atoms with Crippen molar-refractivity contribution in [3.8, 4) is 0 Å². The smallest absolute Gasteiger partial charge is 0.0841 e. The Hall–Kier alpha value is -0.790. The minimum Gasteiger partial charge on any atom is -0.388 e. The van der Waals surface area contributed by atoms with Gasteiger partial charge in [-0.2, -0.15) is 0 Å². The van der Waals surface area contributed by atoms with E-state index in [1.54, 1.807) is 0 Å². The number of aliphatic hydroxyl groups excluding tert-OH is 1. The molecule has 1 nitrogen and oxygen atoms in total. The molecular formula is C13H17ClO. The molecule has 0 bridgehead atoms. The second-order valence-electron chi connectivity index (χ2n) is 3.85. The fraction of sp³-hybridized carbons (Fsp3) is 0.385. The van der Waals surface area contributed by atoms with Crippen molar-refractivity contribution < 1.29 is 5.11 Å². The molecule has 0 aliphatic carbocycles. The topological polar surface area (TPSA) is 20.2 Å². The molecule has 0 aromatic heterocycles. The molecule has 0 saturated heterocycles. The molecule has 0 heterocycles. The maximum absolute atomic E-state index is 9.95. The Morgan fingerprint density at radius 2 is 2.20 bits per heavy atom. The van der Waals surface area contributed by atoms with Gasteiger partial charge >= 0.3 is 0 Å². The highest BCUT2D eigenvalue weighted by Gasteiger charge is 2.12. The maximum atomic E-state index is 9.95. The van der Waals surface area contributed by atoms with Crippen LogP contribution in [0.2, 0.25) is 5.02 Å². The summed E-state index contributed by atoms with van der Waals surface area (Å²) in [5, 5.41) is 10.6. The van der Waals surface area contributed by atoms with Crippen molar-refractivity contribution in [2.24, 2.45) is 0 Å². The van der Waals surface area contributed by atoms with Gasteiger partial charge in [0.1, 0.15) is 0 Å². The van der Waals surface area contributed by atoms with Crippen molar-refractivity contribution in [1.29, 1.82) is 0 Å². The van der Waals surface area contributed by atoms with E-state index < -0.39 is 6.10 Å². The standard InChI is InChI=1S/C13H17ClO/c1-4-9(2)8-13(15)11-6-5-10(3)7-12(11)14/h5-7,13,15H,2,4,8H2,1,3H3. The van der Waals surface area contributed by atoms with Gasteiger partial charge in [-0.1, -0.05) is 42.8 Å². The van der Waals surface area contributed by atoms with Gasteiger partial charge < -0.3 is 5.11 Å². The molecule has 15 heavy (non-hydrogen) atoms. The molecule has 1 aromatic carbocycles. The van der Waals surface area contributed by atoms with Gasteiger partial charge in [-0.15, -0.1) is 0 Å². The molecular weight excluding hydrogens is 208 g/mol. The molecule has 0 fully saturated rings. The molecule has 2 heteroatoms. The van der Waals surface area contributed by atoms with Crippen LogP contribution in [0, 0.1) is 6.92 Å². The fourth-order valence-corrected chi connectivity index (χ4v) is 1.79. The Morgan fingerprint density at radius 1 is 1.53 bits per heavy atom. The molecule has 0 saturated carbocycles. The summed E-state index contributed by atoms with van der Waals surface area (Å²) in [4.78, 5) is 0. The molecule has 0 aliphatic heterocycles. The van der Waals surface area contributed by atoms with Crippen molar-refractivity contribution >= 4 is 11.6 Å². The zero-order chi connectivity index (χ0) is 11.4. The Kier molecular flexibility index (Phi) is 4.37. The summed E-state index contributed by atoms with van der Waals surface area (Å²) in [6.07, 6.45) is 0.936. The van der Waals surface area contributed by atoms with Crippen molar-refractivity contribution in [2.75, 3.05) is 0 Å². The number of halogens is 1. The highest BCUT2D eigenvalue weighted by molar-refractivity contribution is 6.31. The van der Waals surface area contributed by atoms with Gasteiger partial charge in [-0.05, 0) is 37.0 Å². The molecule has 0 radical (unpaired) electrons. The van der Waals surface area contributed by atoms with E-state index in [0.717, 1.165) is 23.1 Å². The largest absolute Gasteiger partial charge is 0.388 e. The summed E-state index contributed by atoms with van der Waals surface area (Å²) in [5.74, 6) is 0. The first-order chi connectivity index (χ1) is 7.04. The number of hydrogen-bond donors (Lipinski definition) is 1. The van der Waals surface area contributed by atoms with Gasteiger partial charge in [0.15, 0.2) is 0 Å². The predicted molar refractivity (Wildman–Crippen MR) is 65.2 cm³/mol. The quantitative estimate of drug-likeness (QED) is 0.766. The molecule has 82 valence electrons. The van der Waals surface area contributed by atoms with E-state index in [9.17, 15) is 5.11 Å². The highest BCUT2D eigenvalue weighted by Crippen LogP contribution is 2.28. The molecule has 0 aliphatic rings. The number of rotatable bonds is 4. The van der Waals surface area contributed by atoms with Crippen LogP contribution < -0.4 is 0 Å². The van der Waals surface area contributed by atoms with Gasteiger partial charge in [0.2, 0.25) is 0 Å². The van der Waals surface area contributed by atoms with E-state index in [4.69, 9.17) is 11.6 Å². The van der Waals surface area contributed by atoms with Crippen LogP contribution in [0.15, 0.2) is 30.4 Å². The minimum absolute atomic E-state index is 0.537. The van der Waals surface area contributed by atoms with Gasteiger partial charge in [0.05, 0.1) is 6.10 Å². The Bertz CT molecular complexity index is 358. The number of aryl methyl sites for hydroxylation is 1.